The summed E-state index contributed by atoms with van der Waals surface area (Å²) in [6.07, 6.45) is 0. The summed E-state index contributed by atoms with van der Waals surface area (Å²) in [5.41, 5.74) is -0.507. The van der Waals surface area contributed by atoms with Crippen molar-refractivity contribution in [2.45, 2.75) is 11.6 Å². The van der Waals surface area contributed by atoms with Crippen LogP contribution in [0.1, 0.15) is 5.56 Å². The van der Waals surface area contributed by atoms with Crippen LogP contribution in [0, 0.1) is 0 Å². The van der Waals surface area contributed by atoms with E-state index < -0.39 is 11.2 Å². The molecule has 0 saturated carbocycles. The first-order chi connectivity index (χ1) is 10.1. The van der Waals surface area contributed by atoms with Gasteiger partial charge in [-0.25, -0.2) is 9.89 Å². The number of hydrogen-bond acceptors (Lipinski definition) is 5. The van der Waals surface area contributed by atoms with Crippen LogP contribution in [0.4, 0.5) is 0 Å². The summed E-state index contributed by atoms with van der Waals surface area (Å²) in [6, 6.07) is 7.18. The Morgan fingerprint density at radius 2 is 2.10 bits per heavy atom. The molecule has 0 atom stereocenters. The Hall–Kier alpha value is -2.06. The van der Waals surface area contributed by atoms with Crippen LogP contribution in [-0.4, -0.2) is 26.8 Å². The molecule has 0 spiro atoms. The van der Waals surface area contributed by atoms with Gasteiger partial charge < -0.3 is 5.32 Å². The van der Waals surface area contributed by atoms with Crippen molar-refractivity contribution in [2.75, 3.05) is 5.75 Å². The number of aromatic nitrogens is 3. The Labute approximate surface area is 128 Å². The number of carbonyl (C=O) groups excluding carboxylic acids is 1. The van der Waals surface area contributed by atoms with Gasteiger partial charge in [0.1, 0.15) is 0 Å². The Morgan fingerprint density at radius 3 is 2.81 bits per heavy atom. The number of halogens is 1. The number of nitrogens with zero attached hydrogens (tertiary/aromatic N) is 1. The van der Waals surface area contributed by atoms with Gasteiger partial charge in [0.2, 0.25) is 5.91 Å². The molecule has 0 aliphatic rings. The van der Waals surface area contributed by atoms with Gasteiger partial charge in [-0.05, 0) is 11.6 Å². The minimum absolute atomic E-state index is 0.00652. The Bertz CT molecular complexity index is 758. The first kappa shape index (κ1) is 15.3. The third kappa shape index (κ3) is 4.47. The second-order valence-electron chi connectivity index (χ2n) is 3.97. The fourth-order valence-electron chi connectivity index (χ4n) is 1.46. The third-order valence-corrected chi connectivity index (χ3v) is 3.78. The van der Waals surface area contributed by atoms with Gasteiger partial charge >= 0.3 is 5.69 Å². The van der Waals surface area contributed by atoms with Gasteiger partial charge in [0.15, 0.2) is 5.03 Å². The number of rotatable bonds is 5. The molecule has 0 fully saturated rings. The molecule has 9 heteroatoms. The molecule has 0 aliphatic heterocycles. The first-order valence-corrected chi connectivity index (χ1v) is 7.24. The molecule has 1 heterocycles. The summed E-state index contributed by atoms with van der Waals surface area (Å²) in [6.45, 7) is 0.300. The average molecular weight is 327 g/mol. The molecular weight excluding hydrogens is 316 g/mol. The topological polar surface area (TPSA) is 108 Å². The molecule has 7 nitrogen and oxygen atoms in total. The molecule has 0 unspecified atom stereocenters. The van der Waals surface area contributed by atoms with Gasteiger partial charge in [-0.1, -0.05) is 41.6 Å². The normalized spacial score (nSPS) is 10.3. The van der Waals surface area contributed by atoms with Crippen molar-refractivity contribution < 1.29 is 4.79 Å². The van der Waals surface area contributed by atoms with Gasteiger partial charge in [-0.2, -0.15) is 5.10 Å². The number of nitrogens with one attached hydrogen (secondary N) is 3. The number of hydrogen-bond donors (Lipinski definition) is 3. The molecule has 1 amide bonds. The standard InChI is InChI=1S/C12H11ClN4O3S/c13-8-4-2-1-3-7(8)5-14-9(18)6-21-11-10(19)15-12(20)17-16-11/h1-4H,5-6H2,(H,14,18)(H2,15,17,19,20). The van der Waals surface area contributed by atoms with Gasteiger partial charge in [-0.3, -0.25) is 14.6 Å². The minimum atomic E-state index is -0.687. The van der Waals surface area contributed by atoms with Crippen molar-refractivity contribution in [3.63, 3.8) is 0 Å². The molecule has 0 bridgehead atoms. The molecule has 1 aromatic heterocycles. The predicted octanol–water partition coefficient (Wildman–Crippen LogP) is 0.520. The fourth-order valence-corrected chi connectivity index (χ4v) is 2.32. The maximum absolute atomic E-state index is 11.7. The second kappa shape index (κ2) is 7.09. The van der Waals surface area contributed by atoms with Crippen LogP contribution in [0.2, 0.25) is 5.02 Å². The first-order valence-electron chi connectivity index (χ1n) is 5.88. The molecular formula is C12H11ClN4O3S. The van der Waals surface area contributed by atoms with Gasteiger partial charge in [0.25, 0.3) is 5.56 Å². The van der Waals surface area contributed by atoms with E-state index in [1.807, 2.05) is 17.1 Å². The molecule has 0 aliphatic carbocycles. The highest BCUT2D eigenvalue weighted by Crippen LogP contribution is 2.14. The summed E-state index contributed by atoms with van der Waals surface area (Å²) < 4.78 is 0. The maximum atomic E-state index is 11.7. The van der Waals surface area contributed by atoms with E-state index in [2.05, 4.69) is 15.5 Å². The molecule has 0 radical (unpaired) electrons. The van der Waals surface area contributed by atoms with Crippen molar-refractivity contribution in [1.82, 2.24) is 20.5 Å². The van der Waals surface area contributed by atoms with Crippen LogP contribution in [0.5, 0.6) is 0 Å². The largest absolute Gasteiger partial charge is 0.351 e. The predicted molar refractivity (Wildman–Crippen MR) is 79.5 cm³/mol. The lowest BCUT2D eigenvalue weighted by atomic mass is 10.2. The third-order valence-electron chi connectivity index (χ3n) is 2.45. The lowest BCUT2D eigenvalue weighted by Crippen LogP contribution is -2.27. The lowest BCUT2D eigenvalue weighted by Gasteiger charge is -2.06. The number of aromatic amines is 2. The molecule has 2 aromatic rings. The zero-order chi connectivity index (χ0) is 15.2. The highest BCUT2D eigenvalue weighted by Gasteiger charge is 2.08. The highest BCUT2D eigenvalue weighted by atomic mass is 35.5. The number of benzene rings is 1. The van der Waals surface area contributed by atoms with E-state index in [1.165, 1.54) is 0 Å². The number of thioether (sulfide) groups is 1. The summed E-state index contributed by atoms with van der Waals surface area (Å²) in [5.74, 6) is -0.264. The molecule has 21 heavy (non-hydrogen) atoms. The molecule has 2 rings (SSSR count). The minimum Gasteiger partial charge on any atom is -0.351 e. The monoisotopic (exact) mass is 326 g/mol. The molecule has 0 saturated heterocycles. The van der Waals surface area contributed by atoms with E-state index in [-0.39, 0.29) is 16.7 Å². The van der Waals surface area contributed by atoms with E-state index in [9.17, 15) is 14.4 Å². The zero-order valence-corrected chi connectivity index (χ0v) is 12.3. The quantitative estimate of drug-likeness (QED) is 0.694. The SMILES string of the molecule is O=C(CSc1n[nH]c(=O)[nH]c1=O)NCc1ccccc1Cl. The van der Waals surface area contributed by atoms with E-state index in [0.717, 1.165) is 17.3 Å². The Balaban J connectivity index is 1.87. The van der Waals surface area contributed by atoms with Gasteiger partial charge in [-0.15, -0.1) is 0 Å². The summed E-state index contributed by atoms with van der Waals surface area (Å²) in [5, 5.41) is 8.95. The van der Waals surface area contributed by atoms with Crippen LogP contribution in [0.15, 0.2) is 38.9 Å². The number of amides is 1. The zero-order valence-electron chi connectivity index (χ0n) is 10.7. The number of carbonyl (C=O) groups is 1. The molecule has 110 valence electrons. The van der Waals surface area contributed by atoms with Crippen molar-refractivity contribution in [2.24, 2.45) is 0 Å². The van der Waals surface area contributed by atoms with E-state index in [4.69, 9.17) is 11.6 Å². The van der Waals surface area contributed by atoms with Crippen LogP contribution in [0.25, 0.3) is 0 Å². The second-order valence-corrected chi connectivity index (χ2v) is 5.34. The van der Waals surface area contributed by atoms with E-state index >= 15 is 0 Å². The average Bonchev–Trinajstić information content (AvgIpc) is 2.45. The van der Waals surface area contributed by atoms with Gasteiger partial charge in [0.05, 0.1) is 5.75 Å². The lowest BCUT2D eigenvalue weighted by molar-refractivity contribution is -0.118. The van der Waals surface area contributed by atoms with Crippen molar-refractivity contribution in [3.05, 3.63) is 55.7 Å². The fraction of sp³-hybridized carbons (Fsp3) is 0.167. The van der Waals surface area contributed by atoms with Gasteiger partial charge in [0, 0.05) is 11.6 Å². The van der Waals surface area contributed by atoms with Crippen molar-refractivity contribution >= 4 is 29.3 Å². The van der Waals surface area contributed by atoms with Crippen LogP contribution >= 0.6 is 23.4 Å². The summed E-state index contributed by atoms with van der Waals surface area (Å²) in [4.78, 5) is 35.9. The van der Waals surface area contributed by atoms with E-state index in [1.54, 1.807) is 12.1 Å². The van der Waals surface area contributed by atoms with Crippen LogP contribution in [0.3, 0.4) is 0 Å². The summed E-state index contributed by atoms with van der Waals surface area (Å²) >= 11 is 6.90. The van der Waals surface area contributed by atoms with E-state index in [0.29, 0.717) is 11.6 Å². The smallest absolute Gasteiger partial charge is 0.342 e. The Kier molecular flexibility index (Phi) is 5.18. The Morgan fingerprint density at radius 1 is 1.33 bits per heavy atom. The van der Waals surface area contributed by atoms with Crippen LogP contribution in [-0.2, 0) is 11.3 Å². The van der Waals surface area contributed by atoms with Crippen LogP contribution < -0.4 is 16.6 Å². The maximum Gasteiger partial charge on any atom is 0.342 e. The molecule has 1 aromatic carbocycles. The summed E-state index contributed by atoms with van der Waals surface area (Å²) in [7, 11) is 0. The van der Waals surface area contributed by atoms with Crippen molar-refractivity contribution in [1.29, 1.82) is 0 Å². The molecule has 3 N–H and O–H groups in total. The van der Waals surface area contributed by atoms with Crippen molar-refractivity contribution in [3.8, 4) is 0 Å². The highest BCUT2D eigenvalue weighted by molar-refractivity contribution is 7.99. The number of H-pyrrole nitrogens is 2.